The summed E-state index contributed by atoms with van der Waals surface area (Å²) in [6.45, 7) is 12.9. The topological polar surface area (TPSA) is 15.3 Å². The Morgan fingerprint density at radius 2 is 2.21 bits per heavy atom. The van der Waals surface area contributed by atoms with Crippen LogP contribution in [0.4, 0.5) is 0 Å². The van der Waals surface area contributed by atoms with Crippen molar-refractivity contribution in [3.63, 3.8) is 0 Å². The predicted molar refractivity (Wildman–Crippen MR) is 84.9 cm³/mol. The Bertz CT molecular complexity index is 367. The number of rotatable bonds is 3. The Labute approximate surface area is 122 Å². The van der Waals surface area contributed by atoms with E-state index in [1.165, 1.54) is 30.8 Å². The van der Waals surface area contributed by atoms with Gasteiger partial charge in [0, 0.05) is 30.1 Å². The van der Waals surface area contributed by atoms with Crippen LogP contribution >= 0.6 is 11.3 Å². The minimum Gasteiger partial charge on any atom is -0.312 e. The fourth-order valence-corrected chi connectivity index (χ4v) is 3.43. The number of hydrogen-bond donors (Lipinski definition) is 1. The Hall–Kier alpha value is -0.380. The molecule has 0 bridgehead atoms. The number of hydrogen-bond acceptors (Lipinski definition) is 3. The third-order valence-electron chi connectivity index (χ3n) is 4.26. The molecule has 0 aromatic carbocycles. The van der Waals surface area contributed by atoms with Gasteiger partial charge in [-0.1, -0.05) is 26.8 Å². The van der Waals surface area contributed by atoms with Gasteiger partial charge < -0.3 is 5.32 Å². The number of thiophene rings is 1. The highest BCUT2D eigenvalue weighted by Gasteiger charge is 2.30. The van der Waals surface area contributed by atoms with E-state index in [9.17, 15) is 0 Å². The van der Waals surface area contributed by atoms with Crippen LogP contribution in [-0.2, 0) is 6.42 Å². The molecule has 2 nitrogen and oxygen atoms in total. The average molecular weight is 280 g/mol. The molecule has 1 saturated heterocycles. The first-order valence-corrected chi connectivity index (χ1v) is 8.34. The van der Waals surface area contributed by atoms with Gasteiger partial charge in [0.2, 0.25) is 0 Å². The fraction of sp³-hybridized carbons (Fsp3) is 0.750. The summed E-state index contributed by atoms with van der Waals surface area (Å²) in [5, 5.41) is 5.92. The van der Waals surface area contributed by atoms with Crippen molar-refractivity contribution in [2.75, 3.05) is 19.6 Å². The Morgan fingerprint density at radius 3 is 2.84 bits per heavy atom. The molecule has 0 aliphatic carbocycles. The van der Waals surface area contributed by atoms with Gasteiger partial charge in [-0.3, -0.25) is 4.90 Å². The molecule has 19 heavy (non-hydrogen) atoms. The summed E-state index contributed by atoms with van der Waals surface area (Å²) in [5.74, 6) is 0. The molecule has 1 fully saturated rings. The van der Waals surface area contributed by atoms with Crippen molar-refractivity contribution >= 4 is 11.3 Å². The highest BCUT2D eigenvalue weighted by atomic mass is 32.1. The third-order valence-corrected chi connectivity index (χ3v) is 5.20. The number of nitrogens with zero attached hydrogens (tertiary/aromatic N) is 1. The van der Waals surface area contributed by atoms with Crippen molar-refractivity contribution in [2.24, 2.45) is 5.41 Å². The van der Waals surface area contributed by atoms with Crippen LogP contribution in [0, 0.1) is 5.41 Å². The maximum Gasteiger partial charge on any atom is 0.0243 e. The largest absolute Gasteiger partial charge is 0.312 e. The van der Waals surface area contributed by atoms with Crippen molar-refractivity contribution in [2.45, 2.75) is 52.6 Å². The quantitative estimate of drug-likeness (QED) is 0.913. The van der Waals surface area contributed by atoms with E-state index in [0.717, 1.165) is 6.54 Å². The zero-order valence-corrected chi connectivity index (χ0v) is 13.6. The normalized spacial score (nSPS) is 26.3. The lowest BCUT2D eigenvalue weighted by molar-refractivity contribution is 0.166. The minimum absolute atomic E-state index is 0.339. The SMILES string of the molecule is CC1CCNC(C(C)(C)C)CN1CCc1cccs1. The van der Waals surface area contributed by atoms with Crippen molar-refractivity contribution in [1.82, 2.24) is 10.2 Å². The van der Waals surface area contributed by atoms with E-state index in [0.29, 0.717) is 17.5 Å². The molecule has 0 saturated carbocycles. The summed E-state index contributed by atoms with van der Waals surface area (Å²) in [6.07, 6.45) is 2.45. The van der Waals surface area contributed by atoms with Gasteiger partial charge in [-0.2, -0.15) is 0 Å². The molecule has 2 rings (SSSR count). The van der Waals surface area contributed by atoms with Gasteiger partial charge in [0.1, 0.15) is 0 Å². The second-order valence-electron chi connectivity index (χ2n) is 6.83. The van der Waals surface area contributed by atoms with Gasteiger partial charge >= 0.3 is 0 Å². The molecule has 0 spiro atoms. The van der Waals surface area contributed by atoms with Crippen molar-refractivity contribution in [1.29, 1.82) is 0 Å². The predicted octanol–water partition coefficient (Wildman–Crippen LogP) is 3.39. The second kappa shape index (κ2) is 6.38. The molecular weight excluding hydrogens is 252 g/mol. The standard InChI is InChI=1S/C16H28N2S/c1-13-7-9-17-15(16(2,3)4)12-18(13)10-8-14-6-5-11-19-14/h5-6,11,13,15,17H,7-10,12H2,1-4H3. The molecule has 108 valence electrons. The first-order valence-electron chi connectivity index (χ1n) is 7.46. The van der Waals surface area contributed by atoms with E-state index in [2.05, 4.69) is 55.4 Å². The maximum atomic E-state index is 3.74. The fourth-order valence-electron chi connectivity index (χ4n) is 2.73. The molecule has 2 unspecified atom stereocenters. The second-order valence-corrected chi connectivity index (χ2v) is 7.87. The van der Waals surface area contributed by atoms with E-state index in [1.807, 2.05) is 11.3 Å². The van der Waals surface area contributed by atoms with Gasteiger partial charge in [0.15, 0.2) is 0 Å². The molecule has 1 aromatic heterocycles. The van der Waals surface area contributed by atoms with Crippen molar-refractivity contribution in [3.8, 4) is 0 Å². The summed E-state index contributed by atoms with van der Waals surface area (Å²) in [7, 11) is 0. The van der Waals surface area contributed by atoms with E-state index in [1.54, 1.807) is 0 Å². The zero-order chi connectivity index (χ0) is 13.9. The lowest BCUT2D eigenvalue weighted by atomic mass is 9.86. The minimum atomic E-state index is 0.339. The molecule has 2 heterocycles. The third kappa shape index (κ3) is 4.30. The van der Waals surface area contributed by atoms with Gasteiger partial charge in [0.05, 0.1) is 0 Å². The van der Waals surface area contributed by atoms with Gasteiger partial charge in [-0.15, -0.1) is 11.3 Å². The lowest BCUT2D eigenvalue weighted by Crippen LogP contribution is -2.47. The molecule has 1 aliphatic rings. The summed E-state index contributed by atoms with van der Waals surface area (Å²) in [5.41, 5.74) is 0.339. The zero-order valence-electron chi connectivity index (χ0n) is 12.8. The van der Waals surface area contributed by atoms with Crippen LogP contribution in [0.3, 0.4) is 0 Å². The van der Waals surface area contributed by atoms with Crippen LogP contribution in [0.25, 0.3) is 0 Å². The van der Waals surface area contributed by atoms with E-state index < -0.39 is 0 Å². The molecule has 0 radical (unpaired) electrons. The van der Waals surface area contributed by atoms with Crippen LogP contribution in [0.1, 0.15) is 39.0 Å². The van der Waals surface area contributed by atoms with Crippen LogP contribution in [0.2, 0.25) is 0 Å². The highest BCUT2D eigenvalue weighted by Crippen LogP contribution is 2.23. The summed E-state index contributed by atoms with van der Waals surface area (Å²) >= 11 is 1.88. The van der Waals surface area contributed by atoms with Crippen LogP contribution in [0.15, 0.2) is 17.5 Å². The monoisotopic (exact) mass is 280 g/mol. The van der Waals surface area contributed by atoms with E-state index in [4.69, 9.17) is 0 Å². The molecule has 1 aromatic rings. The molecule has 3 heteroatoms. The highest BCUT2D eigenvalue weighted by molar-refractivity contribution is 7.09. The van der Waals surface area contributed by atoms with Gasteiger partial charge in [-0.05, 0) is 43.2 Å². The van der Waals surface area contributed by atoms with Crippen molar-refractivity contribution < 1.29 is 0 Å². The van der Waals surface area contributed by atoms with Crippen LogP contribution < -0.4 is 5.32 Å². The Kier molecular flexibility index (Phi) is 5.04. The summed E-state index contributed by atoms with van der Waals surface area (Å²) in [6, 6.07) is 5.71. The molecular formula is C16H28N2S. The number of nitrogens with one attached hydrogen (secondary N) is 1. The van der Waals surface area contributed by atoms with E-state index >= 15 is 0 Å². The van der Waals surface area contributed by atoms with Gasteiger partial charge in [0.25, 0.3) is 0 Å². The summed E-state index contributed by atoms with van der Waals surface area (Å²) < 4.78 is 0. The maximum absolute atomic E-state index is 3.74. The van der Waals surface area contributed by atoms with Crippen molar-refractivity contribution in [3.05, 3.63) is 22.4 Å². The first-order chi connectivity index (χ1) is 8.97. The van der Waals surface area contributed by atoms with Crippen LogP contribution in [0.5, 0.6) is 0 Å². The van der Waals surface area contributed by atoms with E-state index in [-0.39, 0.29) is 0 Å². The molecule has 1 aliphatic heterocycles. The molecule has 0 amide bonds. The van der Waals surface area contributed by atoms with Gasteiger partial charge in [-0.25, -0.2) is 0 Å². The lowest BCUT2D eigenvalue weighted by Gasteiger charge is -2.35. The average Bonchev–Trinajstić information content (AvgIpc) is 2.76. The molecule has 2 atom stereocenters. The molecule has 1 N–H and O–H groups in total. The Morgan fingerprint density at radius 1 is 1.42 bits per heavy atom. The Balaban J connectivity index is 1.95. The van der Waals surface area contributed by atoms with Crippen LogP contribution in [-0.4, -0.2) is 36.6 Å². The summed E-state index contributed by atoms with van der Waals surface area (Å²) in [4.78, 5) is 4.19. The first kappa shape index (κ1) is 15.0. The smallest absolute Gasteiger partial charge is 0.0243 e.